The minimum absolute atomic E-state index is 0.0268. The highest BCUT2D eigenvalue weighted by Gasteiger charge is 2.32. The van der Waals surface area contributed by atoms with Gasteiger partial charge >= 0.3 is 0 Å². The Morgan fingerprint density at radius 2 is 2.06 bits per heavy atom. The number of piperidine rings is 1. The molecular weight excluding hydrogens is 416 g/mol. The molecule has 4 rings (SSSR count). The molecule has 0 radical (unpaired) electrons. The van der Waals surface area contributed by atoms with Gasteiger partial charge in [0.15, 0.2) is 0 Å². The molecule has 0 aliphatic carbocycles. The number of benzene rings is 1. The molecule has 0 saturated carbocycles. The zero-order valence-electron chi connectivity index (χ0n) is 17.9. The largest absolute Gasteiger partial charge is 0.332 e. The van der Waals surface area contributed by atoms with E-state index in [4.69, 9.17) is 4.98 Å². The highest BCUT2D eigenvalue weighted by Crippen LogP contribution is 2.30. The number of carbonyl (C=O) groups is 1. The van der Waals surface area contributed by atoms with Gasteiger partial charge in [0, 0.05) is 26.1 Å². The number of nitrogens with zero attached hydrogens (tertiary/aromatic N) is 3. The molecule has 1 aromatic heterocycles. The summed E-state index contributed by atoms with van der Waals surface area (Å²) in [7, 11) is -3.37. The molecule has 2 aliphatic rings. The molecule has 2 aromatic rings. The van der Waals surface area contributed by atoms with Crippen LogP contribution in [-0.4, -0.2) is 52.8 Å². The zero-order chi connectivity index (χ0) is 22.2. The number of aryl methyl sites for hydroxylation is 1. The van der Waals surface area contributed by atoms with Crippen LogP contribution in [0.2, 0.25) is 0 Å². The summed E-state index contributed by atoms with van der Waals surface area (Å²) in [5.74, 6) is 0.535. The first-order chi connectivity index (χ1) is 14.7. The molecule has 8 nitrogen and oxygen atoms in total. The molecule has 9 heteroatoms. The van der Waals surface area contributed by atoms with E-state index in [1.54, 1.807) is 0 Å². The SMILES string of the molecule is Cc1cccc(CC(=O)N2CCCCC2c2nc3c(c(=O)[nH]2)CN(S(C)(=O)=O)CC3)c1. The Balaban J connectivity index is 1.59. The lowest BCUT2D eigenvalue weighted by Crippen LogP contribution is -2.42. The molecule has 1 N–H and O–H groups in total. The van der Waals surface area contributed by atoms with Crippen LogP contribution in [0.15, 0.2) is 29.1 Å². The van der Waals surface area contributed by atoms with Crippen LogP contribution in [0.25, 0.3) is 0 Å². The predicted molar refractivity (Wildman–Crippen MR) is 117 cm³/mol. The Morgan fingerprint density at radius 1 is 1.26 bits per heavy atom. The summed E-state index contributed by atoms with van der Waals surface area (Å²) in [5, 5.41) is 0. The van der Waals surface area contributed by atoms with Gasteiger partial charge in [-0.2, -0.15) is 4.31 Å². The quantitative estimate of drug-likeness (QED) is 0.773. The number of carbonyl (C=O) groups excluding carboxylic acids is 1. The van der Waals surface area contributed by atoms with E-state index in [-0.39, 0.29) is 24.1 Å². The van der Waals surface area contributed by atoms with Gasteiger partial charge in [0.05, 0.1) is 30.0 Å². The third-order valence-electron chi connectivity index (χ3n) is 6.10. The highest BCUT2D eigenvalue weighted by molar-refractivity contribution is 7.88. The first-order valence-electron chi connectivity index (χ1n) is 10.6. The predicted octanol–water partition coefficient (Wildman–Crippen LogP) is 1.69. The van der Waals surface area contributed by atoms with E-state index in [9.17, 15) is 18.0 Å². The number of amides is 1. The molecule has 1 aromatic carbocycles. The number of hydrogen-bond donors (Lipinski definition) is 1. The van der Waals surface area contributed by atoms with Crippen LogP contribution in [0.5, 0.6) is 0 Å². The lowest BCUT2D eigenvalue weighted by molar-refractivity contribution is -0.134. The van der Waals surface area contributed by atoms with E-state index in [2.05, 4.69) is 4.98 Å². The number of H-pyrrole nitrogens is 1. The summed E-state index contributed by atoms with van der Waals surface area (Å²) in [6.45, 7) is 2.99. The Kier molecular flexibility index (Phi) is 5.98. The standard InChI is InChI=1S/C22H28N4O4S/c1-15-6-5-7-16(12-15)13-20(27)26-10-4-3-8-19(26)21-23-18-9-11-25(31(2,29)30)14-17(18)22(28)24-21/h5-7,12,19H,3-4,8-11,13-14H2,1-2H3,(H,23,24,28). The van der Waals surface area contributed by atoms with Gasteiger partial charge < -0.3 is 9.88 Å². The third-order valence-corrected chi connectivity index (χ3v) is 7.35. The molecule has 1 saturated heterocycles. The second kappa shape index (κ2) is 8.55. The van der Waals surface area contributed by atoms with Crippen molar-refractivity contribution in [1.29, 1.82) is 0 Å². The van der Waals surface area contributed by atoms with E-state index < -0.39 is 10.0 Å². The van der Waals surface area contributed by atoms with Crippen molar-refractivity contribution in [2.24, 2.45) is 0 Å². The molecule has 0 spiro atoms. The first kappa shape index (κ1) is 21.7. The number of aromatic amines is 1. The maximum Gasteiger partial charge on any atom is 0.255 e. The Hall–Kier alpha value is -2.52. The Labute approximate surface area is 182 Å². The number of nitrogens with one attached hydrogen (secondary N) is 1. The Morgan fingerprint density at radius 3 is 2.81 bits per heavy atom. The number of rotatable bonds is 4. The molecule has 1 atom stereocenters. The van der Waals surface area contributed by atoms with Crippen LogP contribution in [0, 0.1) is 6.92 Å². The number of fused-ring (bicyclic) bond motifs is 1. The van der Waals surface area contributed by atoms with Crippen molar-refractivity contribution in [2.45, 2.75) is 51.6 Å². The van der Waals surface area contributed by atoms with Crippen molar-refractivity contribution in [3.63, 3.8) is 0 Å². The number of sulfonamides is 1. The maximum atomic E-state index is 13.1. The zero-order valence-corrected chi connectivity index (χ0v) is 18.7. The summed E-state index contributed by atoms with van der Waals surface area (Å²) in [6.07, 6.45) is 4.49. The molecule has 1 unspecified atom stereocenters. The average molecular weight is 445 g/mol. The fraction of sp³-hybridized carbons (Fsp3) is 0.500. The van der Waals surface area contributed by atoms with E-state index in [1.165, 1.54) is 4.31 Å². The normalized spacial score (nSPS) is 19.8. The van der Waals surface area contributed by atoms with Crippen molar-refractivity contribution in [1.82, 2.24) is 19.2 Å². The third kappa shape index (κ3) is 4.72. The minimum atomic E-state index is -3.37. The molecule has 3 heterocycles. The topological polar surface area (TPSA) is 103 Å². The summed E-state index contributed by atoms with van der Waals surface area (Å²) < 4.78 is 25.0. The molecule has 31 heavy (non-hydrogen) atoms. The Bertz CT molecular complexity index is 1160. The summed E-state index contributed by atoms with van der Waals surface area (Å²) in [5.41, 5.74) is 2.81. The van der Waals surface area contributed by atoms with Crippen LogP contribution < -0.4 is 5.56 Å². The lowest BCUT2D eigenvalue weighted by Gasteiger charge is -2.36. The summed E-state index contributed by atoms with van der Waals surface area (Å²) in [4.78, 5) is 35.3. The van der Waals surface area contributed by atoms with Gasteiger partial charge in [0.1, 0.15) is 5.82 Å². The van der Waals surface area contributed by atoms with E-state index in [0.717, 1.165) is 36.6 Å². The molecule has 2 aliphatic heterocycles. The van der Waals surface area contributed by atoms with Gasteiger partial charge in [-0.3, -0.25) is 9.59 Å². The van der Waals surface area contributed by atoms with Gasteiger partial charge in [-0.15, -0.1) is 0 Å². The minimum Gasteiger partial charge on any atom is -0.332 e. The maximum absolute atomic E-state index is 13.1. The molecular formula is C22H28N4O4S. The van der Waals surface area contributed by atoms with Crippen LogP contribution in [0.4, 0.5) is 0 Å². The summed E-state index contributed by atoms with van der Waals surface area (Å²) in [6, 6.07) is 7.66. The number of likely N-dealkylation sites (tertiary alicyclic amines) is 1. The van der Waals surface area contributed by atoms with Crippen LogP contribution in [0.3, 0.4) is 0 Å². The van der Waals surface area contributed by atoms with E-state index in [1.807, 2.05) is 36.1 Å². The highest BCUT2D eigenvalue weighted by atomic mass is 32.2. The van der Waals surface area contributed by atoms with Crippen molar-refractivity contribution >= 4 is 15.9 Å². The van der Waals surface area contributed by atoms with Crippen molar-refractivity contribution in [3.8, 4) is 0 Å². The van der Waals surface area contributed by atoms with Crippen molar-refractivity contribution < 1.29 is 13.2 Å². The lowest BCUT2D eigenvalue weighted by atomic mass is 9.99. The van der Waals surface area contributed by atoms with Gasteiger partial charge in [0.25, 0.3) is 5.56 Å². The van der Waals surface area contributed by atoms with Gasteiger partial charge in [0.2, 0.25) is 15.9 Å². The van der Waals surface area contributed by atoms with Crippen LogP contribution in [-0.2, 0) is 34.2 Å². The van der Waals surface area contributed by atoms with Crippen LogP contribution >= 0.6 is 0 Å². The van der Waals surface area contributed by atoms with Gasteiger partial charge in [-0.25, -0.2) is 13.4 Å². The average Bonchev–Trinajstić information content (AvgIpc) is 2.73. The van der Waals surface area contributed by atoms with Crippen LogP contribution in [0.1, 0.15) is 53.5 Å². The van der Waals surface area contributed by atoms with Gasteiger partial charge in [-0.1, -0.05) is 29.8 Å². The smallest absolute Gasteiger partial charge is 0.255 e. The molecule has 1 fully saturated rings. The van der Waals surface area contributed by atoms with E-state index >= 15 is 0 Å². The van der Waals surface area contributed by atoms with Crippen molar-refractivity contribution in [3.05, 3.63) is 62.8 Å². The van der Waals surface area contributed by atoms with E-state index in [0.29, 0.717) is 43.0 Å². The molecule has 166 valence electrons. The fourth-order valence-corrected chi connectivity index (χ4v) is 5.26. The molecule has 0 bridgehead atoms. The second-order valence-electron chi connectivity index (χ2n) is 8.49. The fourth-order valence-electron chi connectivity index (χ4n) is 4.47. The number of aromatic nitrogens is 2. The van der Waals surface area contributed by atoms with Gasteiger partial charge in [-0.05, 0) is 31.7 Å². The second-order valence-corrected chi connectivity index (χ2v) is 10.5. The first-order valence-corrected chi connectivity index (χ1v) is 12.5. The summed E-state index contributed by atoms with van der Waals surface area (Å²) >= 11 is 0. The van der Waals surface area contributed by atoms with Crippen molar-refractivity contribution in [2.75, 3.05) is 19.3 Å². The number of hydrogen-bond acceptors (Lipinski definition) is 5. The molecule has 1 amide bonds. The monoisotopic (exact) mass is 444 g/mol.